The molecule has 138 valence electrons. The molecule has 0 saturated carbocycles. The number of amides is 2. The van der Waals surface area contributed by atoms with Gasteiger partial charge in [0.25, 0.3) is 5.95 Å². The minimum atomic E-state index is -0.851. The average Bonchev–Trinajstić information content (AvgIpc) is 2.56. The lowest BCUT2D eigenvalue weighted by atomic mass is 10.0. The van der Waals surface area contributed by atoms with E-state index in [-0.39, 0.29) is 29.5 Å². The van der Waals surface area contributed by atoms with E-state index in [1.165, 1.54) is 20.0 Å². The van der Waals surface area contributed by atoms with Crippen LogP contribution in [0.5, 0.6) is 5.95 Å². The molecule has 2 amide bonds. The van der Waals surface area contributed by atoms with Crippen LogP contribution in [0.3, 0.4) is 0 Å². The molecule has 0 aliphatic heterocycles. The average molecular weight is 351 g/mol. The molecule has 0 unspecified atom stereocenters. The fourth-order valence-electron chi connectivity index (χ4n) is 2.30. The van der Waals surface area contributed by atoms with Gasteiger partial charge in [0.2, 0.25) is 0 Å². The number of Topliss-reactive ketones (excluding diaryl/α,β-unsaturated/α-hetero) is 1. The van der Waals surface area contributed by atoms with Crippen LogP contribution in [0.2, 0.25) is 0 Å². The van der Waals surface area contributed by atoms with E-state index in [2.05, 4.69) is 12.0 Å². The van der Waals surface area contributed by atoms with Gasteiger partial charge in [-0.3, -0.25) is 9.59 Å². The lowest BCUT2D eigenvalue weighted by Crippen LogP contribution is -2.24. The molecular weight excluding hydrogens is 326 g/mol. The van der Waals surface area contributed by atoms with E-state index >= 15 is 0 Å². The van der Waals surface area contributed by atoms with Crippen LogP contribution < -0.4 is 21.3 Å². The maximum atomic E-state index is 12.3. The van der Waals surface area contributed by atoms with Crippen molar-refractivity contribution in [3.8, 4) is 5.95 Å². The summed E-state index contributed by atoms with van der Waals surface area (Å²) in [5.41, 5.74) is 6.23. The molecule has 1 aromatic heterocycles. The Kier molecular flexibility index (Phi) is 8.99. The predicted octanol–water partition coefficient (Wildman–Crippen LogP) is 2.58. The fraction of sp³-hybridized carbons (Fsp3) is 0.529. The van der Waals surface area contributed by atoms with E-state index in [9.17, 15) is 14.4 Å². The highest BCUT2D eigenvalue weighted by Crippen LogP contribution is 2.19. The molecule has 8 heteroatoms. The van der Waals surface area contributed by atoms with Gasteiger partial charge in [0, 0.05) is 12.5 Å². The van der Waals surface area contributed by atoms with Gasteiger partial charge in [0.05, 0.1) is 13.3 Å². The highest BCUT2D eigenvalue weighted by molar-refractivity contribution is 5.98. The van der Waals surface area contributed by atoms with Crippen molar-refractivity contribution in [1.29, 1.82) is 0 Å². The summed E-state index contributed by atoms with van der Waals surface area (Å²) < 4.78 is 10.3. The lowest BCUT2D eigenvalue weighted by Gasteiger charge is -2.06. The summed E-state index contributed by atoms with van der Waals surface area (Å²) in [6.07, 6.45) is 7.62. The van der Waals surface area contributed by atoms with Gasteiger partial charge in [-0.15, -0.1) is 0 Å². The smallest absolute Gasteiger partial charge is 0.332 e. The van der Waals surface area contributed by atoms with Crippen molar-refractivity contribution in [1.82, 2.24) is 5.43 Å². The number of nitrogens with one attached hydrogen (secondary N) is 1. The second-order valence-electron chi connectivity index (χ2n) is 5.55. The van der Waals surface area contributed by atoms with Gasteiger partial charge in [0.1, 0.15) is 5.56 Å². The van der Waals surface area contributed by atoms with E-state index in [4.69, 9.17) is 14.9 Å². The van der Waals surface area contributed by atoms with Crippen molar-refractivity contribution < 1.29 is 18.7 Å². The molecule has 25 heavy (non-hydrogen) atoms. The standard InChI is InChI=1S/C17H25N3O5/c1-3-4-5-6-7-8-9-13(21)15-14(22)10-12(25-16(15)24-2)11-19-20-17(18)23/h10-11H,3-9H2,1-2H3,(H3,18,20,23)/b19-11+. The Hall–Kier alpha value is -2.64. The highest BCUT2D eigenvalue weighted by Gasteiger charge is 2.19. The molecule has 0 saturated heterocycles. The first-order valence-corrected chi connectivity index (χ1v) is 8.33. The van der Waals surface area contributed by atoms with Crippen LogP contribution in [0.1, 0.15) is 68.0 Å². The number of nitrogens with zero attached hydrogens (tertiary/aromatic N) is 1. The minimum absolute atomic E-state index is 0.0340. The largest absolute Gasteiger partial charge is 0.468 e. The van der Waals surface area contributed by atoms with Crippen LogP contribution in [0.4, 0.5) is 4.79 Å². The molecular formula is C17H25N3O5. The van der Waals surface area contributed by atoms with Crippen LogP contribution in [0.15, 0.2) is 20.4 Å². The van der Waals surface area contributed by atoms with E-state index in [1.807, 2.05) is 5.43 Å². The van der Waals surface area contributed by atoms with Crippen LogP contribution >= 0.6 is 0 Å². The normalized spacial score (nSPS) is 10.8. The van der Waals surface area contributed by atoms with Crippen molar-refractivity contribution >= 4 is 18.0 Å². The van der Waals surface area contributed by atoms with Gasteiger partial charge in [-0.05, 0) is 6.42 Å². The van der Waals surface area contributed by atoms with Crippen LogP contribution in [-0.2, 0) is 0 Å². The van der Waals surface area contributed by atoms with Crippen LogP contribution in [0.25, 0.3) is 0 Å². The number of hydrogen-bond acceptors (Lipinski definition) is 6. The number of methoxy groups -OCH3 is 1. The zero-order valence-electron chi connectivity index (χ0n) is 14.7. The van der Waals surface area contributed by atoms with E-state index < -0.39 is 11.5 Å². The summed E-state index contributed by atoms with van der Waals surface area (Å²) in [4.78, 5) is 35.0. The number of ketones is 1. The fourth-order valence-corrected chi connectivity index (χ4v) is 2.30. The number of ether oxygens (including phenoxy) is 1. The number of hydrogen-bond donors (Lipinski definition) is 2. The van der Waals surface area contributed by atoms with Crippen molar-refractivity contribution in [2.45, 2.75) is 51.9 Å². The van der Waals surface area contributed by atoms with E-state index in [0.29, 0.717) is 0 Å². The Bertz CT molecular complexity index is 667. The zero-order chi connectivity index (χ0) is 18.7. The van der Waals surface area contributed by atoms with Gasteiger partial charge in [-0.1, -0.05) is 39.0 Å². The Morgan fingerprint density at radius 2 is 1.96 bits per heavy atom. The van der Waals surface area contributed by atoms with Crippen LogP contribution in [0, 0.1) is 0 Å². The molecule has 0 atom stereocenters. The number of rotatable bonds is 11. The molecule has 3 N–H and O–H groups in total. The minimum Gasteiger partial charge on any atom is -0.468 e. The lowest BCUT2D eigenvalue weighted by molar-refractivity contribution is 0.0969. The molecule has 0 fully saturated rings. The molecule has 0 bridgehead atoms. The molecule has 0 aliphatic rings. The zero-order valence-corrected chi connectivity index (χ0v) is 14.7. The number of urea groups is 1. The second kappa shape index (κ2) is 11.0. The molecule has 0 aromatic carbocycles. The Morgan fingerprint density at radius 1 is 1.28 bits per heavy atom. The SMILES string of the molecule is CCCCCCCCC(=O)c1c(OC)oc(/C=N/NC(N)=O)cc1=O. The van der Waals surface area contributed by atoms with Crippen molar-refractivity contribution in [2.24, 2.45) is 10.8 Å². The molecule has 0 radical (unpaired) electrons. The maximum absolute atomic E-state index is 12.3. The number of unbranched alkanes of at least 4 members (excludes halogenated alkanes) is 5. The van der Waals surface area contributed by atoms with E-state index in [0.717, 1.165) is 38.0 Å². The van der Waals surface area contributed by atoms with Crippen molar-refractivity contribution in [3.05, 3.63) is 27.6 Å². The van der Waals surface area contributed by atoms with Crippen LogP contribution in [-0.4, -0.2) is 25.1 Å². The monoisotopic (exact) mass is 351 g/mol. The summed E-state index contributed by atoms with van der Waals surface area (Å²) in [6, 6.07) is 0.264. The number of carbonyl (C=O) groups excluding carboxylic acids is 2. The Labute approximate surface area is 146 Å². The summed E-state index contributed by atoms with van der Waals surface area (Å²) >= 11 is 0. The molecule has 1 rings (SSSR count). The van der Waals surface area contributed by atoms with Crippen molar-refractivity contribution in [2.75, 3.05) is 7.11 Å². The number of primary amides is 1. The predicted molar refractivity (Wildman–Crippen MR) is 94.2 cm³/mol. The first-order chi connectivity index (χ1) is 12.0. The molecule has 0 aliphatic carbocycles. The van der Waals surface area contributed by atoms with Crippen molar-refractivity contribution in [3.63, 3.8) is 0 Å². The summed E-state index contributed by atoms with van der Waals surface area (Å²) in [5.74, 6) is -0.435. The van der Waals surface area contributed by atoms with Gasteiger partial charge < -0.3 is 14.9 Å². The quantitative estimate of drug-likeness (QED) is 0.274. The first-order valence-electron chi connectivity index (χ1n) is 8.33. The number of carbonyl (C=O) groups is 2. The molecule has 1 heterocycles. The number of hydrazone groups is 1. The Morgan fingerprint density at radius 3 is 2.60 bits per heavy atom. The van der Waals surface area contributed by atoms with Gasteiger partial charge in [-0.2, -0.15) is 5.10 Å². The molecule has 1 aromatic rings. The molecule has 0 spiro atoms. The Balaban J connectivity index is 2.75. The topological polar surface area (TPSA) is 124 Å². The third-order valence-electron chi connectivity index (χ3n) is 3.52. The summed E-state index contributed by atoms with van der Waals surface area (Å²) in [6.45, 7) is 2.15. The van der Waals surface area contributed by atoms with E-state index in [1.54, 1.807) is 0 Å². The summed E-state index contributed by atoms with van der Waals surface area (Å²) in [7, 11) is 1.31. The third-order valence-corrected chi connectivity index (χ3v) is 3.52. The highest BCUT2D eigenvalue weighted by atomic mass is 16.6. The number of nitrogens with two attached hydrogens (primary N) is 1. The first kappa shape index (κ1) is 20.4. The molecule has 8 nitrogen and oxygen atoms in total. The van der Waals surface area contributed by atoms with Gasteiger partial charge in [0.15, 0.2) is 17.0 Å². The van der Waals surface area contributed by atoms with Gasteiger partial charge >= 0.3 is 6.03 Å². The maximum Gasteiger partial charge on any atom is 0.332 e. The summed E-state index contributed by atoms with van der Waals surface area (Å²) in [5, 5.41) is 3.49. The third kappa shape index (κ3) is 7.19. The van der Waals surface area contributed by atoms with Gasteiger partial charge in [-0.25, -0.2) is 10.2 Å². The second-order valence-corrected chi connectivity index (χ2v) is 5.55.